The average molecular weight is 654 g/mol. The molecule has 43 heavy (non-hydrogen) atoms. The summed E-state index contributed by atoms with van der Waals surface area (Å²) in [6, 6.07) is 13.6. The van der Waals surface area contributed by atoms with Gasteiger partial charge in [0.1, 0.15) is 5.71 Å². The summed E-state index contributed by atoms with van der Waals surface area (Å²) in [5, 5.41) is 9.55. The fourth-order valence-corrected chi connectivity index (χ4v) is 7.52. The van der Waals surface area contributed by atoms with Crippen molar-refractivity contribution in [3.05, 3.63) is 63.6 Å². The van der Waals surface area contributed by atoms with Crippen LogP contribution in [0.5, 0.6) is 0 Å². The van der Waals surface area contributed by atoms with E-state index in [0.717, 1.165) is 24.9 Å². The van der Waals surface area contributed by atoms with Gasteiger partial charge in [0, 0.05) is 24.6 Å². The van der Waals surface area contributed by atoms with Gasteiger partial charge in [-0.1, -0.05) is 61.3 Å². The van der Waals surface area contributed by atoms with Crippen LogP contribution in [-0.2, 0) is 23.1 Å². The van der Waals surface area contributed by atoms with Crippen molar-refractivity contribution in [2.24, 2.45) is 5.10 Å². The quantitative estimate of drug-likeness (QED) is 0.156. The van der Waals surface area contributed by atoms with Gasteiger partial charge >= 0.3 is 7.60 Å². The number of halogens is 2. The second kappa shape index (κ2) is 15.8. The minimum absolute atomic E-state index is 0.0396. The van der Waals surface area contributed by atoms with Gasteiger partial charge < -0.3 is 13.8 Å². The molecule has 4 rings (SSSR count). The molecule has 2 aliphatic heterocycles. The Labute approximate surface area is 265 Å². The number of hydrogen-bond acceptors (Lipinski definition) is 8. The number of carbonyl (C=O) groups excluding carboxylic acids is 1. The summed E-state index contributed by atoms with van der Waals surface area (Å²) in [7, 11) is -3.08. The Morgan fingerprint density at radius 2 is 1.84 bits per heavy atom. The van der Waals surface area contributed by atoms with Gasteiger partial charge in [-0.3, -0.25) is 19.8 Å². The van der Waals surface area contributed by atoms with Gasteiger partial charge in [-0.2, -0.15) is 5.10 Å². The highest BCUT2D eigenvalue weighted by Crippen LogP contribution is 2.48. The molecule has 0 radical (unpaired) electrons. The predicted octanol–water partition coefficient (Wildman–Crippen LogP) is 7.59. The van der Waals surface area contributed by atoms with Crippen LogP contribution in [0.25, 0.3) is 0 Å². The Morgan fingerprint density at radius 1 is 1.12 bits per heavy atom. The van der Waals surface area contributed by atoms with Crippen LogP contribution in [0, 0.1) is 0 Å². The van der Waals surface area contributed by atoms with E-state index in [9.17, 15) is 9.36 Å². The summed E-state index contributed by atoms with van der Waals surface area (Å²) in [5.41, 5.74) is 6.50. The maximum absolute atomic E-state index is 13.5. The molecule has 0 bridgehead atoms. The summed E-state index contributed by atoms with van der Waals surface area (Å²) in [4.78, 5) is 13.5. The SMILES string of the molecule is CCOP(=O)(CCCOCC1CCCN1NC(=O)C1=NN(c2ccc(Cl)cc2Cl)C(c2ccc(C(C)C)cc2)C1)OCC. The number of hydrazine groups is 1. The lowest BCUT2D eigenvalue weighted by Gasteiger charge is -2.25. The van der Waals surface area contributed by atoms with Crippen molar-refractivity contribution < 1.29 is 23.1 Å². The number of carbonyl (C=O) groups is 1. The summed E-state index contributed by atoms with van der Waals surface area (Å²) >= 11 is 12.8. The summed E-state index contributed by atoms with van der Waals surface area (Å²) < 4.78 is 29.3. The molecule has 2 heterocycles. The molecule has 2 aromatic rings. The third-order valence-corrected chi connectivity index (χ3v) is 10.3. The van der Waals surface area contributed by atoms with Crippen LogP contribution >= 0.6 is 30.8 Å². The molecule has 2 unspecified atom stereocenters. The Balaban J connectivity index is 1.39. The molecule has 1 fully saturated rings. The topological polar surface area (TPSA) is 92.7 Å². The zero-order chi connectivity index (χ0) is 31.0. The van der Waals surface area contributed by atoms with Gasteiger partial charge in [0.05, 0.1) is 48.8 Å². The Bertz CT molecular complexity index is 1300. The van der Waals surface area contributed by atoms with Crippen molar-refractivity contribution in [2.75, 3.05) is 44.1 Å². The minimum atomic E-state index is -3.08. The van der Waals surface area contributed by atoms with E-state index in [1.54, 1.807) is 26.0 Å². The first kappa shape index (κ1) is 33.9. The van der Waals surface area contributed by atoms with E-state index in [2.05, 4.69) is 43.5 Å². The van der Waals surface area contributed by atoms with Crippen molar-refractivity contribution in [3.63, 3.8) is 0 Å². The van der Waals surface area contributed by atoms with E-state index in [1.165, 1.54) is 5.56 Å². The van der Waals surface area contributed by atoms with Crippen molar-refractivity contribution in [1.29, 1.82) is 0 Å². The maximum Gasteiger partial charge on any atom is 0.330 e. The number of hydrazone groups is 1. The van der Waals surface area contributed by atoms with Crippen LogP contribution in [0.4, 0.5) is 5.69 Å². The first-order valence-electron chi connectivity index (χ1n) is 15.1. The molecule has 1 N–H and O–H groups in total. The van der Waals surface area contributed by atoms with E-state index in [0.29, 0.717) is 72.8 Å². The first-order valence-corrected chi connectivity index (χ1v) is 17.6. The summed E-state index contributed by atoms with van der Waals surface area (Å²) in [5.74, 6) is 0.180. The smallest absolute Gasteiger partial charge is 0.330 e. The molecule has 0 aromatic heterocycles. The fourth-order valence-electron chi connectivity index (χ4n) is 5.39. The lowest BCUT2D eigenvalue weighted by molar-refractivity contribution is -0.120. The number of hydrogen-bond donors (Lipinski definition) is 1. The van der Waals surface area contributed by atoms with Gasteiger partial charge in [-0.25, -0.2) is 5.01 Å². The van der Waals surface area contributed by atoms with E-state index < -0.39 is 7.60 Å². The normalized spacial score (nSPS) is 19.3. The van der Waals surface area contributed by atoms with E-state index in [-0.39, 0.29) is 18.0 Å². The summed E-state index contributed by atoms with van der Waals surface area (Å²) in [6.45, 7) is 10.2. The number of nitrogens with zero attached hydrogens (tertiary/aromatic N) is 3. The van der Waals surface area contributed by atoms with Gasteiger partial charge in [-0.15, -0.1) is 0 Å². The number of benzene rings is 2. The van der Waals surface area contributed by atoms with Crippen LogP contribution in [0.1, 0.15) is 76.5 Å². The van der Waals surface area contributed by atoms with E-state index in [1.807, 2.05) is 16.1 Å². The molecule has 12 heteroatoms. The molecule has 2 atom stereocenters. The van der Waals surface area contributed by atoms with Gasteiger partial charge in [0.15, 0.2) is 0 Å². The lowest BCUT2D eigenvalue weighted by atomic mass is 9.96. The molecule has 1 saturated heterocycles. The summed E-state index contributed by atoms with van der Waals surface area (Å²) in [6.07, 6.45) is 3.16. The highest BCUT2D eigenvalue weighted by molar-refractivity contribution is 7.53. The molecule has 9 nitrogen and oxygen atoms in total. The van der Waals surface area contributed by atoms with Crippen LogP contribution < -0.4 is 10.4 Å². The van der Waals surface area contributed by atoms with E-state index >= 15 is 0 Å². The minimum Gasteiger partial charge on any atom is -0.380 e. The zero-order valence-electron chi connectivity index (χ0n) is 25.4. The molecular formula is C31H43Cl2N4O5P. The van der Waals surface area contributed by atoms with Gasteiger partial charge in [-0.05, 0) is 68.4 Å². The van der Waals surface area contributed by atoms with Crippen molar-refractivity contribution in [1.82, 2.24) is 10.4 Å². The van der Waals surface area contributed by atoms with Crippen LogP contribution in [0.3, 0.4) is 0 Å². The molecule has 0 spiro atoms. The molecule has 2 aromatic carbocycles. The predicted molar refractivity (Wildman–Crippen MR) is 173 cm³/mol. The maximum atomic E-state index is 13.5. The molecule has 0 saturated carbocycles. The van der Waals surface area contributed by atoms with E-state index in [4.69, 9.17) is 42.1 Å². The van der Waals surface area contributed by atoms with Crippen LogP contribution in [0.2, 0.25) is 10.0 Å². The fraction of sp³-hybridized carbons (Fsp3) is 0.548. The molecule has 0 aliphatic carbocycles. The monoisotopic (exact) mass is 652 g/mol. The number of rotatable bonds is 15. The van der Waals surface area contributed by atoms with Crippen molar-refractivity contribution >= 4 is 48.1 Å². The Kier molecular flexibility index (Phi) is 12.5. The van der Waals surface area contributed by atoms with Crippen molar-refractivity contribution in [2.45, 2.75) is 71.4 Å². The Hall–Kier alpha value is -1.97. The lowest BCUT2D eigenvalue weighted by Crippen LogP contribution is -2.49. The van der Waals surface area contributed by atoms with Gasteiger partial charge in [0.2, 0.25) is 0 Å². The van der Waals surface area contributed by atoms with Gasteiger partial charge in [0.25, 0.3) is 5.91 Å². The molecular weight excluding hydrogens is 610 g/mol. The first-order chi connectivity index (χ1) is 20.6. The third-order valence-electron chi connectivity index (χ3n) is 7.62. The average Bonchev–Trinajstić information content (AvgIpc) is 3.60. The molecule has 236 valence electrons. The highest BCUT2D eigenvalue weighted by atomic mass is 35.5. The van der Waals surface area contributed by atoms with Crippen molar-refractivity contribution in [3.8, 4) is 0 Å². The number of ether oxygens (including phenoxy) is 1. The second-order valence-electron chi connectivity index (χ2n) is 11.1. The number of anilines is 1. The van der Waals surface area contributed by atoms with Crippen LogP contribution in [0.15, 0.2) is 47.6 Å². The Morgan fingerprint density at radius 3 is 2.49 bits per heavy atom. The number of nitrogens with one attached hydrogen (secondary N) is 1. The highest BCUT2D eigenvalue weighted by Gasteiger charge is 2.35. The molecule has 1 amide bonds. The second-order valence-corrected chi connectivity index (χ2v) is 14.1. The van der Waals surface area contributed by atoms with Crippen LogP contribution in [-0.4, -0.2) is 61.8 Å². The largest absolute Gasteiger partial charge is 0.380 e. The third kappa shape index (κ3) is 9.04. The zero-order valence-corrected chi connectivity index (χ0v) is 27.8. The number of amides is 1. The standard InChI is InChI=1S/C31H43Cl2N4O5P/c1-5-41-43(39,42-6-2)18-8-17-40-21-26-9-7-16-36(26)35-31(38)28-20-30(24-12-10-23(11-13-24)22(3)4)37(34-28)29-15-14-25(32)19-27(29)33/h10-15,19,22,26,30H,5-9,16-18,20-21H2,1-4H3,(H,35,38). The molecule has 2 aliphatic rings.